The van der Waals surface area contributed by atoms with Crippen LogP contribution in [0.15, 0.2) is 18.2 Å². The Morgan fingerprint density at radius 1 is 1.29 bits per heavy atom. The van der Waals surface area contributed by atoms with Crippen LogP contribution in [0.2, 0.25) is 5.02 Å². The molecule has 0 heterocycles. The predicted molar refractivity (Wildman–Crippen MR) is 73.7 cm³/mol. The number of unbranched alkanes of at least 4 members (excludes halogenated alkanes) is 3. The largest absolute Gasteiger partial charge is 0.494 e. The Morgan fingerprint density at radius 3 is 2.65 bits per heavy atom. The first-order chi connectivity index (χ1) is 8.15. The zero-order chi connectivity index (χ0) is 12.7. The molecule has 0 fully saturated rings. The van der Waals surface area contributed by atoms with Gasteiger partial charge in [-0.3, -0.25) is 0 Å². The molecule has 0 saturated heterocycles. The second kappa shape index (κ2) is 7.57. The third kappa shape index (κ3) is 4.97. The summed E-state index contributed by atoms with van der Waals surface area (Å²) in [5.74, 6) is 0.830. The normalized spacial score (nSPS) is 12.5. The molecule has 96 valence electrons. The molecular formula is C14H22ClNO. The van der Waals surface area contributed by atoms with Crippen molar-refractivity contribution in [2.75, 3.05) is 6.61 Å². The molecule has 0 spiro atoms. The van der Waals surface area contributed by atoms with Crippen molar-refractivity contribution in [1.82, 2.24) is 0 Å². The first kappa shape index (κ1) is 14.3. The van der Waals surface area contributed by atoms with Gasteiger partial charge in [-0.25, -0.2) is 0 Å². The molecule has 0 aliphatic carbocycles. The summed E-state index contributed by atoms with van der Waals surface area (Å²) in [6.07, 6.45) is 4.84. The van der Waals surface area contributed by atoms with Gasteiger partial charge in [0, 0.05) is 11.1 Å². The highest BCUT2D eigenvalue weighted by Crippen LogP contribution is 2.26. The molecule has 0 saturated carbocycles. The highest BCUT2D eigenvalue weighted by molar-refractivity contribution is 6.31. The summed E-state index contributed by atoms with van der Waals surface area (Å²) in [5, 5.41) is 0.686. The fraction of sp³-hybridized carbons (Fsp3) is 0.571. The van der Waals surface area contributed by atoms with Gasteiger partial charge in [0.05, 0.1) is 6.61 Å². The van der Waals surface area contributed by atoms with Crippen LogP contribution in [0.3, 0.4) is 0 Å². The summed E-state index contributed by atoms with van der Waals surface area (Å²) < 4.78 is 5.64. The maximum Gasteiger partial charge on any atom is 0.120 e. The third-order valence-electron chi connectivity index (χ3n) is 2.73. The van der Waals surface area contributed by atoms with Crippen LogP contribution in [0.1, 0.15) is 51.1 Å². The molecule has 1 atom stereocenters. The Balaban J connectivity index is 2.42. The van der Waals surface area contributed by atoms with Gasteiger partial charge in [-0.1, -0.05) is 43.9 Å². The lowest BCUT2D eigenvalue weighted by Gasteiger charge is -2.11. The van der Waals surface area contributed by atoms with Crippen LogP contribution >= 0.6 is 11.6 Å². The van der Waals surface area contributed by atoms with E-state index < -0.39 is 0 Å². The SMILES string of the molecule is CCCCCCOc1ccc(C(C)N)c(Cl)c1. The van der Waals surface area contributed by atoms with Crippen LogP contribution < -0.4 is 10.5 Å². The number of rotatable bonds is 7. The average molecular weight is 256 g/mol. The zero-order valence-corrected chi connectivity index (χ0v) is 11.5. The minimum atomic E-state index is -0.0406. The Hall–Kier alpha value is -0.730. The van der Waals surface area contributed by atoms with E-state index in [0.717, 1.165) is 24.3 Å². The summed E-state index contributed by atoms with van der Waals surface area (Å²) in [6, 6.07) is 5.68. The van der Waals surface area contributed by atoms with E-state index in [1.165, 1.54) is 19.3 Å². The summed E-state index contributed by atoms with van der Waals surface area (Å²) in [6.45, 7) is 4.88. The maximum absolute atomic E-state index is 6.13. The number of halogens is 1. The van der Waals surface area contributed by atoms with Crippen molar-refractivity contribution in [2.24, 2.45) is 5.73 Å². The highest BCUT2D eigenvalue weighted by Gasteiger charge is 2.06. The van der Waals surface area contributed by atoms with Crippen molar-refractivity contribution in [3.63, 3.8) is 0 Å². The first-order valence-corrected chi connectivity index (χ1v) is 6.70. The van der Waals surface area contributed by atoms with Crippen LogP contribution in [0, 0.1) is 0 Å². The summed E-state index contributed by atoms with van der Waals surface area (Å²) in [7, 11) is 0. The van der Waals surface area contributed by atoms with Crippen molar-refractivity contribution in [3.05, 3.63) is 28.8 Å². The Morgan fingerprint density at radius 2 is 2.06 bits per heavy atom. The van der Waals surface area contributed by atoms with Gasteiger partial charge in [-0.05, 0) is 31.0 Å². The minimum absolute atomic E-state index is 0.0406. The van der Waals surface area contributed by atoms with Gasteiger partial charge in [-0.15, -0.1) is 0 Å². The van der Waals surface area contributed by atoms with Crippen LogP contribution in [0.4, 0.5) is 0 Å². The van der Waals surface area contributed by atoms with Crippen LogP contribution in [0.5, 0.6) is 5.75 Å². The first-order valence-electron chi connectivity index (χ1n) is 6.33. The lowest BCUT2D eigenvalue weighted by Crippen LogP contribution is -2.06. The van der Waals surface area contributed by atoms with E-state index in [-0.39, 0.29) is 6.04 Å². The number of hydrogen-bond acceptors (Lipinski definition) is 2. The van der Waals surface area contributed by atoms with E-state index in [1.54, 1.807) is 0 Å². The van der Waals surface area contributed by atoms with E-state index in [2.05, 4.69) is 6.92 Å². The molecule has 0 radical (unpaired) electrons. The summed E-state index contributed by atoms with van der Waals surface area (Å²) in [5.41, 5.74) is 6.76. The monoisotopic (exact) mass is 255 g/mol. The fourth-order valence-corrected chi connectivity index (χ4v) is 2.03. The van der Waals surface area contributed by atoms with Crippen molar-refractivity contribution in [3.8, 4) is 5.75 Å². The molecule has 2 N–H and O–H groups in total. The molecule has 1 rings (SSSR count). The maximum atomic E-state index is 6.13. The van der Waals surface area contributed by atoms with E-state index in [9.17, 15) is 0 Å². The van der Waals surface area contributed by atoms with Crippen molar-refractivity contribution >= 4 is 11.6 Å². The second-order valence-electron chi connectivity index (χ2n) is 4.38. The standard InChI is InChI=1S/C14H22ClNO/c1-3-4-5-6-9-17-12-7-8-13(11(2)16)14(15)10-12/h7-8,10-11H,3-6,9,16H2,1-2H3. The van der Waals surface area contributed by atoms with Gasteiger partial charge < -0.3 is 10.5 Å². The number of benzene rings is 1. The molecule has 0 aliphatic heterocycles. The summed E-state index contributed by atoms with van der Waals surface area (Å²) >= 11 is 6.13. The molecule has 0 aromatic heterocycles. The number of nitrogens with two attached hydrogens (primary N) is 1. The molecule has 1 aromatic carbocycles. The quantitative estimate of drug-likeness (QED) is 0.737. The Kier molecular flexibility index (Phi) is 6.38. The average Bonchev–Trinajstić information content (AvgIpc) is 2.28. The van der Waals surface area contributed by atoms with Gasteiger partial charge in [0.2, 0.25) is 0 Å². The molecule has 1 unspecified atom stereocenters. The van der Waals surface area contributed by atoms with E-state index in [0.29, 0.717) is 5.02 Å². The van der Waals surface area contributed by atoms with Crippen LogP contribution in [-0.2, 0) is 0 Å². The molecule has 2 nitrogen and oxygen atoms in total. The van der Waals surface area contributed by atoms with Crippen LogP contribution in [-0.4, -0.2) is 6.61 Å². The van der Waals surface area contributed by atoms with Crippen molar-refractivity contribution in [2.45, 2.75) is 45.6 Å². The smallest absolute Gasteiger partial charge is 0.120 e. The van der Waals surface area contributed by atoms with Gasteiger partial charge >= 0.3 is 0 Å². The molecule has 17 heavy (non-hydrogen) atoms. The Bertz CT molecular complexity index is 339. The lowest BCUT2D eigenvalue weighted by atomic mass is 10.1. The van der Waals surface area contributed by atoms with Crippen molar-refractivity contribution in [1.29, 1.82) is 0 Å². The van der Waals surface area contributed by atoms with Crippen molar-refractivity contribution < 1.29 is 4.74 Å². The molecule has 0 bridgehead atoms. The number of ether oxygens (including phenoxy) is 1. The minimum Gasteiger partial charge on any atom is -0.494 e. The Labute approximate surface area is 109 Å². The fourth-order valence-electron chi connectivity index (χ4n) is 1.69. The zero-order valence-electron chi connectivity index (χ0n) is 10.7. The van der Waals surface area contributed by atoms with Gasteiger partial charge in [-0.2, -0.15) is 0 Å². The highest BCUT2D eigenvalue weighted by atomic mass is 35.5. The molecule has 1 aromatic rings. The van der Waals surface area contributed by atoms with Crippen LogP contribution in [0.25, 0.3) is 0 Å². The molecule has 0 aliphatic rings. The predicted octanol–water partition coefficient (Wildman–Crippen LogP) is 4.32. The van der Waals surface area contributed by atoms with Gasteiger partial charge in [0.25, 0.3) is 0 Å². The van der Waals surface area contributed by atoms with E-state index in [1.807, 2.05) is 25.1 Å². The molecular weight excluding hydrogens is 234 g/mol. The van der Waals surface area contributed by atoms with Gasteiger partial charge in [0.15, 0.2) is 0 Å². The lowest BCUT2D eigenvalue weighted by molar-refractivity contribution is 0.305. The summed E-state index contributed by atoms with van der Waals surface area (Å²) in [4.78, 5) is 0. The topological polar surface area (TPSA) is 35.2 Å². The third-order valence-corrected chi connectivity index (χ3v) is 3.06. The van der Waals surface area contributed by atoms with Gasteiger partial charge in [0.1, 0.15) is 5.75 Å². The number of hydrogen-bond donors (Lipinski definition) is 1. The van der Waals surface area contributed by atoms with E-state index in [4.69, 9.17) is 22.1 Å². The molecule has 0 amide bonds. The molecule has 3 heteroatoms. The van der Waals surface area contributed by atoms with E-state index >= 15 is 0 Å². The second-order valence-corrected chi connectivity index (χ2v) is 4.79.